The van der Waals surface area contributed by atoms with E-state index in [9.17, 15) is 4.79 Å². The van der Waals surface area contributed by atoms with Gasteiger partial charge >= 0.3 is 0 Å². The van der Waals surface area contributed by atoms with E-state index in [1.165, 1.54) is 27.8 Å². The van der Waals surface area contributed by atoms with Crippen LogP contribution in [0.15, 0.2) is 54.2 Å². The minimum Gasteiger partial charge on any atom is -0.493 e. The van der Waals surface area contributed by atoms with Crippen LogP contribution >= 0.6 is 11.6 Å². The Balaban J connectivity index is 1.47. The fourth-order valence-corrected chi connectivity index (χ4v) is 5.44. The molecular weight excluding hydrogens is 476 g/mol. The van der Waals surface area contributed by atoms with Gasteiger partial charge in [0.25, 0.3) is 5.91 Å². The molecule has 0 N–H and O–H groups in total. The quantitative estimate of drug-likeness (QED) is 0.463. The van der Waals surface area contributed by atoms with Gasteiger partial charge in [0.15, 0.2) is 11.5 Å². The first kappa shape index (κ1) is 24.2. The van der Waals surface area contributed by atoms with E-state index in [4.69, 9.17) is 30.8 Å². The van der Waals surface area contributed by atoms with E-state index in [2.05, 4.69) is 18.2 Å². The number of carbonyl (C=O) groups excluding carboxylic acids is 1. The number of halogens is 1. The molecule has 1 aromatic heterocycles. The molecule has 7 heteroatoms. The second-order valence-corrected chi connectivity index (χ2v) is 9.43. The molecule has 2 aliphatic rings. The van der Waals surface area contributed by atoms with Gasteiger partial charge < -0.3 is 19.1 Å². The van der Waals surface area contributed by atoms with Gasteiger partial charge in [0, 0.05) is 35.4 Å². The number of ether oxygens (including phenoxy) is 3. The molecule has 1 saturated heterocycles. The van der Waals surface area contributed by atoms with E-state index in [0.717, 1.165) is 36.4 Å². The number of rotatable bonds is 4. The monoisotopic (exact) mass is 504 g/mol. The van der Waals surface area contributed by atoms with Crippen LogP contribution in [0.3, 0.4) is 0 Å². The van der Waals surface area contributed by atoms with Crippen LogP contribution in [0.5, 0.6) is 17.2 Å². The highest BCUT2D eigenvalue weighted by atomic mass is 35.5. The maximum Gasteiger partial charge on any atom is 0.254 e. The number of likely N-dealkylation sites (tertiary alicyclic amines) is 1. The lowest BCUT2D eigenvalue weighted by atomic mass is 9.88. The van der Waals surface area contributed by atoms with Gasteiger partial charge in [0.1, 0.15) is 0 Å². The van der Waals surface area contributed by atoms with Gasteiger partial charge in [-0.05, 0) is 72.7 Å². The molecule has 0 radical (unpaired) electrons. The molecule has 186 valence electrons. The second-order valence-electron chi connectivity index (χ2n) is 9.00. The molecule has 1 amide bonds. The highest BCUT2D eigenvalue weighted by Crippen LogP contribution is 2.40. The Morgan fingerprint density at radius 3 is 2.25 bits per heavy atom. The van der Waals surface area contributed by atoms with Crippen LogP contribution in [0.25, 0.3) is 5.57 Å². The Hall–Kier alpha value is -3.51. The maximum absolute atomic E-state index is 13.4. The van der Waals surface area contributed by atoms with Crippen LogP contribution in [0.2, 0.25) is 5.02 Å². The molecule has 1 aliphatic carbocycles. The summed E-state index contributed by atoms with van der Waals surface area (Å²) in [4.78, 5) is 20.1. The van der Waals surface area contributed by atoms with Crippen LogP contribution in [0, 0.1) is 0 Å². The topological polar surface area (TPSA) is 60.9 Å². The van der Waals surface area contributed by atoms with Crippen LogP contribution in [-0.4, -0.2) is 50.2 Å². The zero-order chi connectivity index (χ0) is 25.2. The van der Waals surface area contributed by atoms with Crippen LogP contribution in [-0.2, 0) is 12.8 Å². The summed E-state index contributed by atoms with van der Waals surface area (Å²) >= 11 is 6.35. The fourth-order valence-electron chi connectivity index (χ4n) is 5.25. The Kier molecular flexibility index (Phi) is 6.88. The Bertz CT molecular complexity index is 1320. The summed E-state index contributed by atoms with van der Waals surface area (Å²) in [7, 11) is 4.65. The Labute approximate surface area is 216 Å². The van der Waals surface area contributed by atoms with Crippen molar-refractivity contribution in [1.29, 1.82) is 0 Å². The van der Waals surface area contributed by atoms with Crippen LogP contribution in [0.4, 0.5) is 0 Å². The number of nitrogens with zero attached hydrogens (tertiary/aromatic N) is 2. The summed E-state index contributed by atoms with van der Waals surface area (Å²) in [6.45, 7) is 1.25. The highest BCUT2D eigenvalue weighted by molar-refractivity contribution is 6.30. The van der Waals surface area contributed by atoms with E-state index in [-0.39, 0.29) is 5.91 Å². The number of amides is 1. The molecule has 2 aromatic carbocycles. The standard InChI is InChI=1S/C29H29ClN2O4/c1-34-24-16-21(17-25(35-2)28(24)36-3)29(33)32-13-10-18(11-14-32)26-23-9-8-22(30)15-20(23)7-6-19-5-4-12-31-27(19)26/h4-5,8-9,12,15-17H,6-7,10-11,13-14H2,1-3H3. The Morgan fingerprint density at radius 2 is 1.58 bits per heavy atom. The molecular formula is C29H29ClN2O4. The number of fused-ring (bicyclic) bond motifs is 2. The average molecular weight is 505 g/mol. The van der Waals surface area contributed by atoms with E-state index in [0.29, 0.717) is 35.9 Å². The largest absolute Gasteiger partial charge is 0.493 e. The Morgan fingerprint density at radius 1 is 0.889 bits per heavy atom. The van der Waals surface area contributed by atoms with Crippen molar-refractivity contribution in [2.24, 2.45) is 0 Å². The highest BCUT2D eigenvalue weighted by Gasteiger charge is 2.28. The van der Waals surface area contributed by atoms with Crippen LogP contribution in [0.1, 0.15) is 45.6 Å². The number of carbonyl (C=O) groups is 1. The van der Waals surface area contributed by atoms with Crippen molar-refractivity contribution >= 4 is 23.1 Å². The van der Waals surface area contributed by atoms with Gasteiger partial charge in [-0.3, -0.25) is 9.78 Å². The van der Waals surface area contributed by atoms with Gasteiger partial charge in [0.2, 0.25) is 5.75 Å². The lowest BCUT2D eigenvalue weighted by molar-refractivity contribution is 0.0743. The molecule has 36 heavy (non-hydrogen) atoms. The lowest BCUT2D eigenvalue weighted by Crippen LogP contribution is -2.36. The third-order valence-electron chi connectivity index (χ3n) is 7.05. The number of pyridine rings is 1. The SMILES string of the molecule is COc1cc(C(=O)N2CCC(=C3c4ccc(Cl)cc4CCc4cccnc43)CC2)cc(OC)c1OC. The third-order valence-corrected chi connectivity index (χ3v) is 7.28. The number of methoxy groups -OCH3 is 3. The molecule has 2 heterocycles. The number of aromatic nitrogens is 1. The van der Waals surface area contributed by atoms with Crippen molar-refractivity contribution < 1.29 is 19.0 Å². The summed E-state index contributed by atoms with van der Waals surface area (Å²) in [5, 5.41) is 0.753. The molecule has 3 aromatic rings. The molecule has 0 spiro atoms. The van der Waals surface area contributed by atoms with E-state index < -0.39 is 0 Å². The van der Waals surface area contributed by atoms with Gasteiger partial charge in [-0.2, -0.15) is 0 Å². The van der Waals surface area contributed by atoms with Gasteiger partial charge in [-0.25, -0.2) is 0 Å². The van der Waals surface area contributed by atoms with Crippen LogP contribution < -0.4 is 14.2 Å². The molecule has 0 unspecified atom stereocenters. The van der Waals surface area contributed by atoms with E-state index >= 15 is 0 Å². The first-order valence-electron chi connectivity index (χ1n) is 12.1. The molecule has 0 saturated carbocycles. The van der Waals surface area contributed by atoms with Gasteiger partial charge in [-0.1, -0.05) is 29.3 Å². The minimum atomic E-state index is -0.0510. The van der Waals surface area contributed by atoms with Gasteiger partial charge in [0.05, 0.1) is 27.0 Å². The molecule has 0 atom stereocenters. The molecule has 0 bridgehead atoms. The van der Waals surface area contributed by atoms with Gasteiger partial charge in [-0.15, -0.1) is 0 Å². The number of hydrogen-bond donors (Lipinski definition) is 0. The number of benzene rings is 2. The zero-order valence-electron chi connectivity index (χ0n) is 20.8. The van der Waals surface area contributed by atoms with E-state index in [1.807, 2.05) is 23.2 Å². The first-order chi connectivity index (χ1) is 17.5. The third kappa shape index (κ3) is 4.42. The number of hydrogen-bond acceptors (Lipinski definition) is 5. The summed E-state index contributed by atoms with van der Waals surface area (Å²) in [6, 6.07) is 13.7. The maximum atomic E-state index is 13.4. The van der Waals surface area contributed by atoms with Crippen molar-refractivity contribution in [3.05, 3.63) is 87.2 Å². The van der Waals surface area contributed by atoms with Crippen molar-refractivity contribution in [2.45, 2.75) is 25.7 Å². The zero-order valence-corrected chi connectivity index (χ0v) is 21.5. The number of piperidine rings is 1. The number of aryl methyl sites for hydroxylation is 2. The lowest BCUT2D eigenvalue weighted by Gasteiger charge is -2.30. The average Bonchev–Trinajstić information content (AvgIpc) is 3.08. The molecule has 5 rings (SSSR count). The van der Waals surface area contributed by atoms with Crippen molar-refractivity contribution in [3.63, 3.8) is 0 Å². The second kappa shape index (κ2) is 10.2. The smallest absolute Gasteiger partial charge is 0.254 e. The van der Waals surface area contributed by atoms with Crippen molar-refractivity contribution in [2.75, 3.05) is 34.4 Å². The molecule has 1 fully saturated rings. The normalized spacial score (nSPS) is 15.1. The predicted molar refractivity (Wildman–Crippen MR) is 140 cm³/mol. The van der Waals surface area contributed by atoms with Crippen molar-refractivity contribution in [1.82, 2.24) is 9.88 Å². The minimum absolute atomic E-state index is 0.0510. The molecule has 1 aliphatic heterocycles. The van der Waals surface area contributed by atoms with E-state index in [1.54, 1.807) is 33.5 Å². The van der Waals surface area contributed by atoms with Crippen molar-refractivity contribution in [3.8, 4) is 17.2 Å². The summed E-state index contributed by atoms with van der Waals surface area (Å²) in [5.74, 6) is 1.36. The molecule has 6 nitrogen and oxygen atoms in total. The first-order valence-corrected chi connectivity index (χ1v) is 12.5. The summed E-state index contributed by atoms with van der Waals surface area (Å²) < 4.78 is 16.3. The summed E-state index contributed by atoms with van der Waals surface area (Å²) in [6.07, 6.45) is 5.28. The fraction of sp³-hybridized carbons (Fsp3) is 0.310. The predicted octanol–water partition coefficient (Wildman–Crippen LogP) is 5.60. The summed E-state index contributed by atoms with van der Waals surface area (Å²) in [5.41, 5.74) is 7.81.